The van der Waals surface area contributed by atoms with Gasteiger partial charge in [-0.25, -0.2) is 4.79 Å². The normalized spacial score (nSPS) is 24.1. The first-order valence-electron chi connectivity index (χ1n) is 18.6. The zero-order chi connectivity index (χ0) is 37.6. The van der Waals surface area contributed by atoms with Crippen LogP contribution in [-0.4, -0.2) is 50.6 Å². The third-order valence-corrected chi connectivity index (χ3v) is 15.3. The summed E-state index contributed by atoms with van der Waals surface area (Å²) >= 11 is 0. The van der Waals surface area contributed by atoms with Gasteiger partial charge in [-0.1, -0.05) is 137 Å². The van der Waals surface area contributed by atoms with Crippen molar-refractivity contribution in [3.8, 4) is 12.3 Å². The van der Waals surface area contributed by atoms with Gasteiger partial charge in [-0.3, -0.25) is 0 Å². The van der Waals surface area contributed by atoms with E-state index in [0.717, 1.165) is 23.1 Å². The highest BCUT2D eigenvalue weighted by Crippen LogP contribution is 2.46. The van der Waals surface area contributed by atoms with Crippen molar-refractivity contribution in [2.24, 2.45) is 5.92 Å². The lowest BCUT2D eigenvalue weighted by molar-refractivity contribution is -0.160. The summed E-state index contributed by atoms with van der Waals surface area (Å²) in [7, 11) is -2.22. The summed E-state index contributed by atoms with van der Waals surface area (Å²) in [4.78, 5) is 12.4. The van der Waals surface area contributed by atoms with E-state index in [1.807, 2.05) is 86.7 Å². The lowest BCUT2D eigenvalue weighted by atomic mass is 9.80. The first-order chi connectivity index (χ1) is 24.6. The molecule has 7 heteroatoms. The second-order valence-corrected chi connectivity index (χ2v) is 20.7. The van der Waals surface area contributed by atoms with Gasteiger partial charge in [0.05, 0.1) is 12.7 Å². The Kier molecular flexibility index (Phi) is 12.2. The van der Waals surface area contributed by atoms with Gasteiger partial charge in [-0.2, -0.15) is 0 Å². The fourth-order valence-electron chi connectivity index (χ4n) is 7.06. The van der Waals surface area contributed by atoms with Crippen LogP contribution in [0.25, 0.3) is 0 Å². The molecular formula is C45H56O6Si. The zero-order valence-electron chi connectivity index (χ0n) is 32.1. The number of terminal acetylenes is 1. The van der Waals surface area contributed by atoms with Crippen LogP contribution in [0.2, 0.25) is 18.1 Å². The van der Waals surface area contributed by atoms with E-state index in [0.29, 0.717) is 19.4 Å². The molecule has 276 valence electrons. The molecule has 0 spiro atoms. The molecule has 52 heavy (non-hydrogen) atoms. The van der Waals surface area contributed by atoms with Gasteiger partial charge < -0.3 is 23.4 Å². The number of cyclic esters (lactones) is 1. The minimum Gasteiger partial charge on any atom is -0.454 e. The fourth-order valence-corrected chi connectivity index (χ4v) is 8.29. The van der Waals surface area contributed by atoms with E-state index >= 15 is 0 Å². The number of carbonyl (C=O) groups excluding carboxylic acids is 1. The Labute approximate surface area is 312 Å². The summed E-state index contributed by atoms with van der Waals surface area (Å²) in [6.07, 6.45) is 13.9. The van der Waals surface area contributed by atoms with Crippen molar-refractivity contribution in [3.05, 3.63) is 132 Å². The Morgan fingerprint density at radius 2 is 1.46 bits per heavy atom. The van der Waals surface area contributed by atoms with E-state index in [4.69, 9.17) is 29.8 Å². The van der Waals surface area contributed by atoms with Crippen molar-refractivity contribution in [2.45, 2.75) is 114 Å². The van der Waals surface area contributed by atoms with Crippen LogP contribution in [0.5, 0.6) is 0 Å². The van der Waals surface area contributed by atoms with Gasteiger partial charge in [0.1, 0.15) is 23.4 Å². The van der Waals surface area contributed by atoms with Crippen molar-refractivity contribution in [2.75, 3.05) is 6.61 Å². The third-order valence-electron chi connectivity index (χ3n) is 10.8. The highest BCUT2D eigenvalue weighted by Gasteiger charge is 2.53. The van der Waals surface area contributed by atoms with E-state index < -0.39 is 43.6 Å². The topological polar surface area (TPSA) is 63.2 Å². The highest BCUT2D eigenvalue weighted by atomic mass is 28.4. The zero-order valence-corrected chi connectivity index (χ0v) is 33.1. The third kappa shape index (κ3) is 8.70. The summed E-state index contributed by atoms with van der Waals surface area (Å²) in [6, 6.07) is 31.0. The lowest BCUT2D eigenvalue weighted by Crippen LogP contribution is -2.47. The van der Waals surface area contributed by atoms with Crippen LogP contribution in [0.4, 0.5) is 0 Å². The van der Waals surface area contributed by atoms with Crippen molar-refractivity contribution < 1.29 is 28.2 Å². The van der Waals surface area contributed by atoms with Crippen LogP contribution in [0.3, 0.4) is 0 Å². The molecule has 0 unspecified atom stereocenters. The molecule has 0 aromatic heterocycles. The summed E-state index contributed by atoms with van der Waals surface area (Å²) in [5, 5.41) is -0.0254. The van der Waals surface area contributed by atoms with Gasteiger partial charge in [0.2, 0.25) is 0 Å². The highest BCUT2D eigenvalue weighted by molar-refractivity contribution is 6.74. The van der Waals surface area contributed by atoms with Crippen LogP contribution >= 0.6 is 0 Å². The standard InChI is InChI=1S/C45H56O6Si/c1-10-34-27-28-41(46)48-39(34)29-30-44(40(49-43(6,7)51-44)33-38(11-2)50-52(8,9)42(3,4)5)31-32-47-45(35-21-15-12-16-22-35,36-23-17-13-18-24-36)37-25-19-14-20-26-37/h2,12-30,34,38-40H,10,31-33H2,1,3-9H3/t34-,38-,39-,40+,44-/m0/s1. The quantitative estimate of drug-likeness (QED) is 0.0544. The van der Waals surface area contributed by atoms with E-state index in [2.05, 4.69) is 83.1 Å². The van der Waals surface area contributed by atoms with Crippen LogP contribution < -0.4 is 0 Å². The predicted octanol–water partition coefficient (Wildman–Crippen LogP) is 9.75. The van der Waals surface area contributed by atoms with Crippen LogP contribution in [-0.2, 0) is 33.8 Å². The molecule has 0 N–H and O–H groups in total. The fraction of sp³-hybridized carbons (Fsp3) is 0.444. The number of ether oxygens (including phenoxy) is 4. The molecule has 1 saturated heterocycles. The average molecular weight is 721 g/mol. The maximum Gasteiger partial charge on any atom is 0.331 e. The number of esters is 1. The summed E-state index contributed by atoms with van der Waals surface area (Å²) in [5.41, 5.74) is 1.14. The van der Waals surface area contributed by atoms with Crippen LogP contribution in [0.1, 0.15) is 77.5 Å². The number of hydrogen-bond acceptors (Lipinski definition) is 6. The van der Waals surface area contributed by atoms with Gasteiger partial charge >= 0.3 is 5.97 Å². The minimum absolute atomic E-state index is 0.0254. The SMILES string of the molecule is C#C[C@@H](C[C@H]1OC(C)(C)O[C@@]1(C=C[C@@H]1OC(=O)C=C[C@@H]1CC)CCOC(c1ccccc1)(c1ccccc1)c1ccccc1)O[Si](C)(C)C(C)(C)C. The maximum atomic E-state index is 12.4. The van der Waals surface area contributed by atoms with Gasteiger partial charge in [-0.15, -0.1) is 6.42 Å². The molecule has 2 aliphatic rings. The smallest absolute Gasteiger partial charge is 0.331 e. The maximum absolute atomic E-state index is 12.4. The Morgan fingerprint density at radius 3 is 1.94 bits per heavy atom. The number of benzene rings is 3. The molecule has 3 aromatic rings. The molecule has 0 amide bonds. The van der Waals surface area contributed by atoms with E-state index in [1.165, 1.54) is 6.08 Å². The van der Waals surface area contributed by atoms with Gasteiger partial charge in [-0.05, 0) is 61.2 Å². The Hall–Kier alpha value is -3.77. The summed E-state index contributed by atoms with van der Waals surface area (Å²) in [5.74, 6) is 1.69. The molecule has 0 bridgehead atoms. The largest absolute Gasteiger partial charge is 0.454 e. The predicted molar refractivity (Wildman–Crippen MR) is 210 cm³/mol. The summed E-state index contributed by atoms with van der Waals surface area (Å²) < 4.78 is 33.6. The molecular weight excluding hydrogens is 665 g/mol. The van der Waals surface area contributed by atoms with Gasteiger partial charge in [0.15, 0.2) is 14.1 Å². The first kappa shape index (κ1) is 39.4. The van der Waals surface area contributed by atoms with Crippen LogP contribution in [0.15, 0.2) is 115 Å². The minimum atomic E-state index is -2.22. The molecule has 0 radical (unpaired) electrons. The number of hydrogen-bond donors (Lipinski definition) is 0. The lowest BCUT2D eigenvalue weighted by Gasteiger charge is -2.40. The first-order valence-corrected chi connectivity index (χ1v) is 21.5. The molecule has 2 aliphatic heterocycles. The molecule has 0 saturated carbocycles. The number of carbonyl (C=O) groups is 1. The Morgan fingerprint density at radius 1 is 0.923 bits per heavy atom. The van der Waals surface area contributed by atoms with E-state index in [-0.39, 0.29) is 16.9 Å². The van der Waals surface area contributed by atoms with Crippen molar-refractivity contribution in [1.29, 1.82) is 0 Å². The average Bonchev–Trinajstić information content (AvgIpc) is 3.38. The van der Waals surface area contributed by atoms with E-state index in [1.54, 1.807) is 0 Å². The second-order valence-electron chi connectivity index (χ2n) is 15.9. The Bertz CT molecular complexity index is 1620. The monoisotopic (exact) mass is 720 g/mol. The molecule has 6 nitrogen and oxygen atoms in total. The number of rotatable bonds is 14. The van der Waals surface area contributed by atoms with Gasteiger partial charge in [0, 0.05) is 24.8 Å². The summed E-state index contributed by atoms with van der Waals surface area (Å²) in [6.45, 7) is 17.3. The van der Waals surface area contributed by atoms with Gasteiger partial charge in [0.25, 0.3) is 0 Å². The molecule has 0 aliphatic carbocycles. The molecule has 3 aromatic carbocycles. The van der Waals surface area contributed by atoms with E-state index in [9.17, 15) is 4.79 Å². The molecule has 5 rings (SSSR count). The van der Waals surface area contributed by atoms with Crippen molar-refractivity contribution in [3.63, 3.8) is 0 Å². The molecule has 1 fully saturated rings. The second kappa shape index (κ2) is 16.1. The molecule has 5 atom stereocenters. The van der Waals surface area contributed by atoms with Crippen LogP contribution in [0, 0.1) is 18.3 Å². The van der Waals surface area contributed by atoms with Crippen molar-refractivity contribution >= 4 is 14.3 Å². The van der Waals surface area contributed by atoms with Crippen molar-refractivity contribution in [1.82, 2.24) is 0 Å². The Balaban J connectivity index is 1.57. The molecule has 2 heterocycles.